The zero-order valence-electron chi connectivity index (χ0n) is 22.0. The average Bonchev–Trinajstić information content (AvgIpc) is 2.83. The number of benzene rings is 1. The number of terminal acetylenes is 2. The van der Waals surface area contributed by atoms with Crippen LogP contribution < -0.4 is 16.4 Å². The van der Waals surface area contributed by atoms with Gasteiger partial charge in [-0.25, -0.2) is 4.79 Å². The Morgan fingerprint density at radius 2 is 1.76 bits per heavy atom. The van der Waals surface area contributed by atoms with Crippen LogP contribution in [0.15, 0.2) is 24.3 Å². The van der Waals surface area contributed by atoms with E-state index in [9.17, 15) is 24.0 Å². The van der Waals surface area contributed by atoms with E-state index in [2.05, 4.69) is 22.6 Å². The number of hydrogen-bond acceptors (Lipinski definition) is 7. The van der Waals surface area contributed by atoms with Crippen LogP contribution in [0.25, 0.3) is 0 Å². The van der Waals surface area contributed by atoms with Crippen molar-refractivity contribution < 1.29 is 33.4 Å². The second-order valence-corrected chi connectivity index (χ2v) is 9.02. The van der Waals surface area contributed by atoms with Crippen LogP contribution in [0.2, 0.25) is 0 Å². The molecule has 0 aliphatic heterocycles. The summed E-state index contributed by atoms with van der Waals surface area (Å²) in [5.41, 5.74) is 4.90. The van der Waals surface area contributed by atoms with Crippen LogP contribution in [0.1, 0.15) is 64.1 Å². The minimum absolute atomic E-state index is 0.0970. The predicted molar refractivity (Wildman–Crippen MR) is 139 cm³/mol. The van der Waals surface area contributed by atoms with Gasteiger partial charge in [-0.1, -0.05) is 30.5 Å². The molecule has 204 valence electrons. The summed E-state index contributed by atoms with van der Waals surface area (Å²) >= 11 is 0. The van der Waals surface area contributed by atoms with E-state index in [0.29, 0.717) is 5.56 Å². The van der Waals surface area contributed by atoms with Crippen molar-refractivity contribution >= 4 is 29.8 Å². The largest absolute Gasteiger partial charge is 0.466 e. The first-order chi connectivity index (χ1) is 17.8. The molecule has 38 heavy (non-hydrogen) atoms. The number of carbonyl (C=O) groups excluding carboxylic acids is 5. The van der Waals surface area contributed by atoms with Crippen LogP contribution in [0.5, 0.6) is 0 Å². The Morgan fingerprint density at radius 1 is 1.11 bits per heavy atom. The van der Waals surface area contributed by atoms with E-state index in [1.54, 1.807) is 45.9 Å². The molecule has 0 fully saturated rings. The molecule has 11 nitrogen and oxygen atoms in total. The predicted octanol–water partition coefficient (Wildman–Crippen LogP) is 1.36. The zero-order valence-corrected chi connectivity index (χ0v) is 22.0. The van der Waals surface area contributed by atoms with Crippen LogP contribution >= 0.6 is 0 Å². The maximum atomic E-state index is 13.6. The number of nitrogens with two attached hydrogens (primary N) is 1. The molecule has 0 saturated carbocycles. The summed E-state index contributed by atoms with van der Waals surface area (Å²) in [5.74, 6) is -0.387. The van der Waals surface area contributed by atoms with E-state index in [4.69, 9.17) is 28.1 Å². The smallest absolute Gasteiger partial charge is 0.408 e. The number of nitrogens with zero attached hydrogens (tertiary/aromatic N) is 1. The molecule has 4 N–H and O–H groups in total. The number of rotatable bonds is 12. The van der Waals surface area contributed by atoms with Crippen molar-refractivity contribution in [2.45, 2.75) is 64.6 Å². The molecule has 0 saturated heterocycles. The number of ether oxygens (including phenoxy) is 2. The fourth-order valence-corrected chi connectivity index (χ4v) is 3.31. The van der Waals surface area contributed by atoms with Gasteiger partial charge in [0.25, 0.3) is 5.91 Å². The molecule has 0 aliphatic rings. The van der Waals surface area contributed by atoms with Gasteiger partial charge in [-0.2, -0.15) is 0 Å². The van der Waals surface area contributed by atoms with E-state index < -0.39 is 47.5 Å². The molecule has 1 aromatic carbocycles. The number of amides is 4. The summed E-state index contributed by atoms with van der Waals surface area (Å²) in [5, 5.41) is 4.97. The average molecular weight is 527 g/mol. The van der Waals surface area contributed by atoms with Crippen LogP contribution in [-0.2, 0) is 28.7 Å². The number of carbonyl (C=O) groups is 5. The Bertz CT molecular complexity index is 1110. The van der Waals surface area contributed by atoms with Gasteiger partial charge in [-0.05, 0) is 40.2 Å². The molecule has 4 amide bonds. The van der Waals surface area contributed by atoms with Crippen molar-refractivity contribution in [3.05, 3.63) is 35.4 Å². The third kappa shape index (κ3) is 10.2. The molecule has 2 unspecified atom stereocenters. The molecule has 1 aromatic rings. The summed E-state index contributed by atoms with van der Waals surface area (Å²) in [6.45, 7) is 6.64. The highest BCUT2D eigenvalue weighted by Gasteiger charge is 2.36. The Balaban J connectivity index is 3.40. The Labute approximate surface area is 222 Å². The number of nitrogens with one attached hydrogen (secondary N) is 2. The zero-order chi connectivity index (χ0) is 28.9. The molecule has 0 spiro atoms. The number of hydrogen-bond donors (Lipinski definition) is 3. The van der Waals surface area contributed by atoms with Gasteiger partial charge in [-0.3, -0.25) is 24.1 Å². The Morgan fingerprint density at radius 3 is 2.32 bits per heavy atom. The minimum Gasteiger partial charge on any atom is -0.466 e. The quantitative estimate of drug-likeness (QED) is 0.211. The molecule has 11 heteroatoms. The molecule has 0 aliphatic carbocycles. The Hall–Kier alpha value is -4.51. The standard InChI is InChI=1S/C27H34N4O7/c1-7-18-12-10-11-13-19(18)23(24(34)29-17-16-22(33)37-9-3)31(8-2)25(35)20(14-15-21(28)32)30-26(36)38-27(4,5)6/h1-2,10-13,20,23H,9,14-17H2,3-6H3,(H2,28,32)(H,29,34)(H,30,36). The first-order valence-electron chi connectivity index (χ1n) is 11.9. The molecule has 2 atom stereocenters. The molecule has 1 rings (SSSR count). The van der Waals surface area contributed by atoms with Crippen LogP contribution in [0.3, 0.4) is 0 Å². The first-order valence-corrected chi connectivity index (χ1v) is 11.9. The third-order valence-corrected chi connectivity index (χ3v) is 4.90. The SMILES string of the molecule is C#Cc1ccccc1C(C(=O)NCCC(=O)OCC)N(C#C)C(=O)C(CCC(N)=O)NC(=O)OC(C)(C)C. The fourth-order valence-electron chi connectivity index (χ4n) is 3.31. The second-order valence-electron chi connectivity index (χ2n) is 9.02. The fraction of sp³-hybridized carbons (Fsp3) is 0.444. The van der Waals surface area contributed by atoms with Crippen LogP contribution in [0, 0.1) is 24.8 Å². The number of alkyl carbamates (subject to hydrolysis) is 1. The van der Waals surface area contributed by atoms with Gasteiger partial charge in [0, 0.05) is 30.1 Å². The monoisotopic (exact) mass is 526 g/mol. The summed E-state index contributed by atoms with van der Waals surface area (Å²) in [6, 6.07) is 5.76. The minimum atomic E-state index is -1.43. The Kier molecular flexibility index (Phi) is 12.4. The van der Waals surface area contributed by atoms with Gasteiger partial charge in [0.15, 0.2) is 0 Å². The van der Waals surface area contributed by atoms with Gasteiger partial charge in [-0.15, -0.1) is 6.42 Å². The number of esters is 1. The normalized spacial score (nSPS) is 12.1. The van der Waals surface area contributed by atoms with Gasteiger partial charge >= 0.3 is 12.1 Å². The highest BCUT2D eigenvalue weighted by atomic mass is 16.6. The molecule has 0 radical (unpaired) electrons. The van der Waals surface area contributed by atoms with Crippen molar-refractivity contribution in [3.63, 3.8) is 0 Å². The highest BCUT2D eigenvalue weighted by Crippen LogP contribution is 2.25. The lowest BCUT2D eigenvalue weighted by Gasteiger charge is -2.30. The summed E-state index contributed by atoms with van der Waals surface area (Å²) in [7, 11) is 0. The van der Waals surface area contributed by atoms with Crippen molar-refractivity contribution in [1.82, 2.24) is 15.5 Å². The van der Waals surface area contributed by atoms with Gasteiger partial charge in [0.2, 0.25) is 11.8 Å². The highest BCUT2D eigenvalue weighted by molar-refractivity contribution is 5.94. The maximum absolute atomic E-state index is 13.6. The van der Waals surface area contributed by atoms with Crippen molar-refractivity contribution in [3.8, 4) is 24.8 Å². The lowest BCUT2D eigenvalue weighted by Crippen LogP contribution is -2.52. The summed E-state index contributed by atoms with van der Waals surface area (Å²) < 4.78 is 10.1. The molecule has 0 aromatic heterocycles. The van der Waals surface area contributed by atoms with E-state index >= 15 is 0 Å². The molecule has 0 bridgehead atoms. The van der Waals surface area contributed by atoms with Crippen molar-refractivity contribution in [2.24, 2.45) is 5.73 Å². The van der Waals surface area contributed by atoms with E-state index in [0.717, 1.165) is 4.90 Å². The maximum Gasteiger partial charge on any atom is 0.408 e. The molecular formula is C27H34N4O7. The first kappa shape index (κ1) is 31.5. The molecular weight excluding hydrogens is 492 g/mol. The van der Waals surface area contributed by atoms with Crippen molar-refractivity contribution in [1.29, 1.82) is 0 Å². The lowest BCUT2D eigenvalue weighted by atomic mass is 9.97. The van der Waals surface area contributed by atoms with E-state index in [1.807, 2.05) is 0 Å². The lowest BCUT2D eigenvalue weighted by molar-refractivity contribution is -0.143. The van der Waals surface area contributed by atoms with Crippen molar-refractivity contribution in [2.75, 3.05) is 13.2 Å². The van der Waals surface area contributed by atoms with Gasteiger partial charge in [0.1, 0.15) is 17.7 Å². The molecule has 0 heterocycles. The number of primary amides is 1. The third-order valence-electron chi connectivity index (χ3n) is 4.90. The van der Waals surface area contributed by atoms with Crippen LogP contribution in [-0.4, -0.2) is 59.5 Å². The summed E-state index contributed by atoms with van der Waals surface area (Å²) in [6.07, 6.45) is 9.80. The summed E-state index contributed by atoms with van der Waals surface area (Å²) in [4.78, 5) is 63.3. The van der Waals surface area contributed by atoms with E-state index in [-0.39, 0.29) is 38.0 Å². The van der Waals surface area contributed by atoms with Gasteiger partial charge in [0.05, 0.1) is 13.0 Å². The van der Waals surface area contributed by atoms with Gasteiger partial charge < -0.3 is 25.8 Å². The van der Waals surface area contributed by atoms with E-state index in [1.165, 1.54) is 6.07 Å². The van der Waals surface area contributed by atoms with Crippen LogP contribution in [0.4, 0.5) is 4.79 Å². The second kappa shape index (κ2) is 14.9. The topological polar surface area (TPSA) is 157 Å².